The van der Waals surface area contributed by atoms with E-state index in [2.05, 4.69) is 0 Å². The lowest BCUT2D eigenvalue weighted by Crippen LogP contribution is -2.46. The van der Waals surface area contributed by atoms with E-state index in [9.17, 15) is 8.78 Å². The Morgan fingerprint density at radius 1 is 0.905 bits per heavy atom. The first-order valence-corrected chi connectivity index (χ1v) is 6.99. The van der Waals surface area contributed by atoms with Crippen LogP contribution in [0.1, 0.15) is 0 Å². The maximum absolute atomic E-state index is 13.5. The second kappa shape index (κ2) is 7.23. The van der Waals surface area contributed by atoms with E-state index in [0.29, 0.717) is 10.9 Å². The van der Waals surface area contributed by atoms with Crippen LogP contribution in [-0.2, 0) is 4.65 Å². The van der Waals surface area contributed by atoms with Gasteiger partial charge in [0, 0.05) is 23.2 Å². The van der Waals surface area contributed by atoms with Crippen LogP contribution in [0.3, 0.4) is 0 Å². The molecule has 0 aromatic heterocycles. The van der Waals surface area contributed by atoms with Gasteiger partial charge in [0.2, 0.25) is 0 Å². The third-order valence-corrected chi connectivity index (χ3v) is 3.21. The quantitative estimate of drug-likeness (QED) is 0.855. The van der Waals surface area contributed by atoms with Crippen molar-refractivity contribution in [1.82, 2.24) is 0 Å². The molecule has 7 heteroatoms. The molecule has 0 radical (unpaired) electrons. The van der Waals surface area contributed by atoms with Crippen molar-refractivity contribution in [3.05, 3.63) is 58.1 Å². The van der Waals surface area contributed by atoms with Crippen LogP contribution in [0.2, 0.25) is 10.0 Å². The van der Waals surface area contributed by atoms with E-state index in [0.717, 1.165) is 0 Å². The minimum atomic E-state index is -0.699. The summed E-state index contributed by atoms with van der Waals surface area (Å²) >= 11 is 11.7. The zero-order valence-corrected chi connectivity index (χ0v) is 12.5. The molecule has 2 aromatic rings. The van der Waals surface area contributed by atoms with Crippen molar-refractivity contribution in [2.45, 2.75) is 0 Å². The molecule has 0 unspecified atom stereocenters. The first-order valence-electron chi connectivity index (χ1n) is 6.23. The van der Waals surface area contributed by atoms with Crippen molar-refractivity contribution in [3.63, 3.8) is 0 Å². The van der Waals surface area contributed by atoms with Gasteiger partial charge < -0.3 is 10.4 Å². The molecule has 2 aromatic carbocycles. The van der Waals surface area contributed by atoms with Gasteiger partial charge in [0.25, 0.3) is 0 Å². The highest BCUT2D eigenvalue weighted by atomic mass is 35.5. The molecule has 2 nitrogen and oxygen atoms in total. The lowest BCUT2D eigenvalue weighted by Gasteiger charge is -2.16. The molecule has 0 amide bonds. The molecular formula is C14H12BCl2F2NO. The molecule has 0 spiro atoms. The van der Waals surface area contributed by atoms with E-state index >= 15 is 0 Å². The summed E-state index contributed by atoms with van der Waals surface area (Å²) in [7, 11) is 0. The summed E-state index contributed by atoms with van der Waals surface area (Å²) in [6.45, 7) is -0.190. The molecule has 0 saturated carbocycles. The lowest BCUT2D eigenvalue weighted by molar-refractivity contribution is 0.344. The Morgan fingerprint density at radius 2 is 1.38 bits per heavy atom. The molecule has 0 aliphatic carbocycles. The van der Waals surface area contributed by atoms with Gasteiger partial charge in [-0.05, 0) is 47.3 Å². The van der Waals surface area contributed by atoms with Gasteiger partial charge >= 0.3 is 6.92 Å². The number of nitrogens with two attached hydrogens (primary N) is 1. The van der Waals surface area contributed by atoms with Gasteiger partial charge in [-0.1, -0.05) is 23.2 Å². The molecule has 0 bridgehead atoms. The highest BCUT2D eigenvalue weighted by Gasteiger charge is 2.23. The minimum Gasteiger partial charge on any atom is -0.426 e. The van der Waals surface area contributed by atoms with Gasteiger partial charge in [-0.3, -0.25) is 0 Å². The minimum absolute atomic E-state index is 0.229. The van der Waals surface area contributed by atoms with Crippen LogP contribution >= 0.6 is 23.2 Å². The molecule has 2 N–H and O–H groups in total. The van der Waals surface area contributed by atoms with E-state index in [4.69, 9.17) is 33.6 Å². The summed E-state index contributed by atoms with van der Waals surface area (Å²) in [5.74, 6) is -0.998. The normalized spacial score (nSPS) is 10.7. The van der Waals surface area contributed by atoms with E-state index in [1.54, 1.807) is 12.1 Å². The zero-order chi connectivity index (χ0) is 15.4. The second-order valence-corrected chi connectivity index (χ2v) is 5.32. The zero-order valence-electron chi connectivity index (χ0n) is 11.0. The van der Waals surface area contributed by atoms with Gasteiger partial charge in [0.1, 0.15) is 11.6 Å². The predicted octanol–water partition coefficient (Wildman–Crippen LogP) is 2.35. The Balaban J connectivity index is 2.46. The SMILES string of the molecule is NCCOB(c1cc(F)cc(Cl)c1)c1cc(F)cc(Cl)c1. The van der Waals surface area contributed by atoms with E-state index in [-0.39, 0.29) is 23.2 Å². The third kappa shape index (κ3) is 4.41. The Hall–Kier alpha value is -1.14. The van der Waals surface area contributed by atoms with Crippen molar-refractivity contribution in [2.24, 2.45) is 5.73 Å². The second-order valence-electron chi connectivity index (χ2n) is 4.45. The van der Waals surface area contributed by atoms with Gasteiger partial charge in [-0.25, -0.2) is 8.78 Å². The lowest BCUT2D eigenvalue weighted by atomic mass is 9.55. The summed E-state index contributed by atoms with van der Waals surface area (Å²) in [6, 6.07) is 8.06. The molecule has 110 valence electrons. The predicted molar refractivity (Wildman–Crippen MR) is 82.8 cm³/mol. The van der Waals surface area contributed by atoms with Gasteiger partial charge in [-0.2, -0.15) is 0 Å². The highest BCUT2D eigenvalue weighted by Crippen LogP contribution is 2.12. The van der Waals surface area contributed by atoms with Crippen molar-refractivity contribution < 1.29 is 13.4 Å². The highest BCUT2D eigenvalue weighted by molar-refractivity contribution is 6.80. The van der Waals surface area contributed by atoms with Crippen LogP contribution in [0.25, 0.3) is 0 Å². The van der Waals surface area contributed by atoms with Crippen LogP contribution in [0.5, 0.6) is 0 Å². The third-order valence-electron chi connectivity index (χ3n) is 2.78. The van der Waals surface area contributed by atoms with E-state index < -0.39 is 18.6 Å². The Kier molecular flexibility index (Phi) is 5.59. The largest absolute Gasteiger partial charge is 0.426 e. The van der Waals surface area contributed by atoms with Crippen LogP contribution < -0.4 is 16.7 Å². The topological polar surface area (TPSA) is 35.2 Å². The molecule has 0 aliphatic rings. The van der Waals surface area contributed by atoms with Gasteiger partial charge in [-0.15, -0.1) is 0 Å². The van der Waals surface area contributed by atoms with Crippen molar-refractivity contribution in [3.8, 4) is 0 Å². The summed E-state index contributed by atoms with van der Waals surface area (Å²) in [6.07, 6.45) is 0. The average molecular weight is 330 g/mol. The van der Waals surface area contributed by atoms with Gasteiger partial charge in [0.15, 0.2) is 0 Å². The van der Waals surface area contributed by atoms with Crippen LogP contribution in [0.4, 0.5) is 8.78 Å². The summed E-state index contributed by atoms with van der Waals surface area (Å²) in [5.41, 5.74) is 6.36. The van der Waals surface area contributed by atoms with Crippen molar-refractivity contribution in [1.29, 1.82) is 0 Å². The molecule has 0 atom stereocenters. The maximum atomic E-state index is 13.5. The van der Waals surface area contributed by atoms with Crippen molar-refractivity contribution >= 4 is 41.0 Å². The van der Waals surface area contributed by atoms with Crippen molar-refractivity contribution in [2.75, 3.05) is 13.2 Å². The fraction of sp³-hybridized carbons (Fsp3) is 0.143. The number of halogens is 4. The molecular weight excluding hydrogens is 318 g/mol. The van der Waals surface area contributed by atoms with Crippen LogP contribution in [-0.4, -0.2) is 20.1 Å². The monoisotopic (exact) mass is 329 g/mol. The number of hydrogen-bond acceptors (Lipinski definition) is 2. The molecule has 0 saturated heterocycles. The fourth-order valence-electron chi connectivity index (χ4n) is 2.02. The summed E-state index contributed by atoms with van der Waals surface area (Å²) < 4.78 is 32.6. The molecule has 0 aliphatic heterocycles. The molecule has 0 heterocycles. The summed E-state index contributed by atoms with van der Waals surface area (Å²) in [4.78, 5) is 0. The number of rotatable bonds is 5. The standard InChI is InChI=1S/C14H12BCl2F2NO/c16-11-3-9(5-13(18)7-11)15(21-2-1-20)10-4-12(17)8-14(19)6-10/h3-8H,1-2,20H2. The van der Waals surface area contributed by atoms with Gasteiger partial charge in [0.05, 0.1) is 0 Å². The van der Waals surface area contributed by atoms with E-state index in [1.165, 1.54) is 24.3 Å². The smallest absolute Gasteiger partial charge is 0.361 e. The first-order chi connectivity index (χ1) is 9.99. The van der Waals surface area contributed by atoms with E-state index in [1.807, 2.05) is 0 Å². The molecule has 2 rings (SSSR count). The van der Waals surface area contributed by atoms with Crippen LogP contribution in [0, 0.1) is 11.6 Å². The van der Waals surface area contributed by atoms with Crippen LogP contribution in [0.15, 0.2) is 36.4 Å². The fourth-order valence-corrected chi connectivity index (χ4v) is 2.48. The maximum Gasteiger partial charge on any atom is 0.361 e. The number of benzene rings is 2. The Bertz CT molecular complexity index is 550. The average Bonchev–Trinajstić information content (AvgIpc) is 2.37. The Morgan fingerprint density at radius 3 is 1.76 bits per heavy atom. The molecule has 0 fully saturated rings. The number of hydrogen-bond donors (Lipinski definition) is 1. The Labute approximate surface area is 131 Å². The first kappa shape index (κ1) is 16.2. The molecule has 21 heavy (non-hydrogen) atoms. The summed E-state index contributed by atoms with van der Waals surface area (Å²) in [5, 5.41) is 0.461.